The topological polar surface area (TPSA) is 54.5 Å². The highest BCUT2D eigenvalue weighted by molar-refractivity contribution is 7.92. The second kappa shape index (κ2) is 6.64. The van der Waals surface area contributed by atoms with E-state index in [0.29, 0.717) is 23.6 Å². The van der Waals surface area contributed by atoms with Gasteiger partial charge in [0.15, 0.2) is 5.78 Å². The van der Waals surface area contributed by atoms with Gasteiger partial charge in [0.2, 0.25) is 0 Å². The molecule has 5 heteroatoms. The van der Waals surface area contributed by atoms with Gasteiger partial charge in [0.1, 0.15) is 0 Å². The third-order valence-corrected chi connectivity index (χ3v) is 6.40. The van der Waals surface area contributed by atoms with Crippen LogP contribution in [0, 0.1) is 12.8 Å². The molecule has 0 saturated carbocycles. The molecule has 132 valence electrons. The molecule has 1 aliphatic rings. The fourth-order valence-corrected chi connectivity index (χ4v) is 5.06. The molecule has 0 aliphatic carbocycles. The maximum atomic E-state index is 13.4. The van der Waals surface area contributed by atoms with E-state index in [-0.39, 0.29) is 23.1 Å². The lowest BCUT2D eigenvalue weighted by Gasteiger charge is -2.38. The van der Waals surface area contributed by atoms with Crippen molar-refractivity contribution in [3.63, 3.8) is 0 Å². The average Bonchev–Trinajstić information content (AvgIpc) is 2.54. The lowest BCUT2D eigenvalue weighted by molar-refractivity contribution is 0.0966. The molecule has 1 atom stereocenters. The zero-order valence-electron chi connectivity index (χ0n) is 14.8. The van der Waals surface area contributed by atoms with Gasteiger partial charge < -0.3 is 0 Å². The zero-order chi connectivity index (χ0) is 18.2. The van der Waals surface area contributed by atoms with Gasteiger partial charge in [-0.05, 0) is 43.5 Å². The summed E-state index contributed by atoms with van der Waals surface area (Å²) < 4.78 is 28.2. The molecule has 4 nitrogen and oxygen atoms in total. The number of rotatable bonds is 4. The van der Waals surface area contributed by atoms with E-state index in [4.69, 9.17) is 0 Å². The number of anilines is 1. The molecule has 0 spiro atoms. The number of carbonyl (C=O) groups is 1. The number of para-hydroxylation sites is 1. The smallest absolute Gasteiger partial charge is 0.264 e. The van der Waals surface area contributed by atoms with E-state index >= 15 is 0 Å². The number of fused-ring (bicyclic) bond motifs is 1. The minimum absolute atomic E-state index is 0.0107. The van der Waals surface area contributed by atoms with Gasteiger partial charge in [0.25, 0.3) is 10.0 Å². The molecular weight excluding hydrogens is 334 g/mol. The quantitative estimate of drug-likeness (QED) is 0.824. The van der Waals surface area contributed by atoms with Gasteiger partial charge >= 0.3 is 0 Å². The Balaban J connectivity index is 2.15. The number of carbonyl (C=O) groups excluding carboxylic acids is 1. The van der Waals surface area contributed by atoms with Gasteiger partial charge in [-0.15, -0.1) is 0 Å². The molecule has 0 N–H and O–H groups in total. The average molecular weight is 357 g/mol. The molecule has 2 aromatic carbocycles. The fourth-order valence-electron chi connectivity index (χ4n) is 3.38. The van der Waals surface area contributed by atoms with Crippen LogP contribution in [0.15, 0.2) is 53.4 Å². The highest BCUT2D eigenvalue weighted by atomic mass is 32.2. The monoisotopic (exact) mass is 357 g/mol. The van der Waals surface area contributed by atoms with Gasteiger partial charge in [-0.2, -0.15) is 0 Å². The lowest BCUT2D eigenvalue weighted by Crippen LogP contribution is -2.46. The summed E-state index contributed by atoms with van der Waals surface area (Å²) in [7, 11) is -3.73. The van der Waals surface area contributed by atoms with E-state index in [2.05, 4.69) is 0 Å². The van der Waals surface area contributed by atoms with Crippen molar-refractivity contribution < 1.29 is 13.2 Å². The molecule has 0 radical (unpaired) electrons. The maximum Gasteiger partial charge on any atom is 0.264 e. The predicted molar refractivity (Wildman–Crippen MR) is 99.5 cm³/mol. The Hall–Kier alpha value is -2.14. The van der Waals surface area contributed by atoms with Crippen molar-refractivity contribution >= 4 is 21.5 Å². The minimum atomic E-state index is -3.73. The van der Waals surface area contributed by atoms with Crippen molar-refractivity contribution in [3.05, 3.63) is 59.7 Å². The summed E-state index contributed by atoms with van der Waals surface area (Å²) in [6.07, 6.45) is 0.867. The summed E-state index contributed by atoms with van der Waals surface area (Å²) in [6, 6.07) is 13.5. The molecule has 0 saturated heterocycles. The molecule has 1 unspecified atom stereocenters. The third kappa shape index (κ3) is 3.33. The van der Waals surface area contributed by atoms with Gasteiger partial charge in [0, 0.05) is 12.0 Å². The van der Waals surface area contributed by atoms with Gasteiger partial charge in [0.05, 0.1) is 16.6 Å². The Morgan fingerprint density at radius 2 is 1.72 bits per heavy atom. The zero-order valence-corrected chi connectivity index (χ0v) is 15.6. The Morgan fingerprint density at radius 3 is 2.36 bits per heavy atom. The van der Waals surface area contributed by atoms with Crippen LogP contribution in [0.25, 0.3) is 0 Å². The normalized spacial score (nSPS) is 17.7. The summed E-state index contributed by atoms with van der Waals surface area (Å²) in [6.45, 7) is 6.01. The summed E-state index contributed by atoms with van der Waals surface area (Å²) >= 11 is 0. The van der Waals surface area contributed by atoms with Gasteiger partial charge in [-0.1, -0.05) is 43.7 Å². The second-order valence-electron chi connectivity index (χ2n) is 7.04. The van der Waals surface area contributed by atoms with Crippen LogP contribution in [0.4, 0.5) is 5.69 Å². The van der Waals surface area contributed by atoms with Crippen LogP contribution in [0.1, 0.15) is 42.6 Å². The lowest BCUT2D eigenvalue weighted by atomic mass is 9.92. The summed E-state index contributed by atoms with van der Waals surface area (Å²) in [4.78, 5) is 12.8. The molecule has 0 aromatic heterocycles. The standard InChI is InChI=1S/C20H23NO3S/c1-14(2)12-16-13-20(22)18-6-4-5-7-19(18)21(16)25(23,24)17-10-8-15(3)9-11-17/h4-11,14,16H,12-13H2,1-3H3. The molecule has 0 bridgehead atoms. The second-order valence-corrected chi connectivity index (χ2v) is 8.86. The van der Waals surface area contributed by atoms with Crippen LogP contribution in [-0.4, -0.2) is 20.2 Å². The van der Waals surface area contributed by atoms with Crippen molar-refractivity contribution in [3.8, 4) is 0 Å². The summed E-state index contributed by atoms with van der Waals surface area (Å²) in [5.74, 6) is 0.301. The van der Waals surface area contributed by atoms with E-state index in [9.17, 15) is 13.2 Å². The molecule has 1 heterocycles. The van der Waals surface area contributed by atoms with E-state index in [1.165, 1.54) is 4.31 Å². The van der Waals surface area contributed by atoms with Crippen LogP contribution < -0.4 is 4.31 Å². The number of benzene rings is 2. The SMILES string of the molecule is Cc1ccc(S(=O)(=O)N2c3ccccc3C(=O)CC2CC(C)C)cc1. The highest BCUT2D eigenvalue weighted by Gasteiger charge is 2.39. The molecule has 25 heavy (non-hydrogen) atoms. The number of nitrogens with zero attached hydrogens (tertiary/aromatic N) is 1. The summed E-state index contributed by atoms with van der Waals surface area (Å²) in [5, 5.41) is 0. The van der Waals surface area contributed by atoms with Crippen molar-refractivity contribution in [2.75, 3.05) is 4.31 Å². The number of sulfonamides is 1. The van der Waals surface area contributed by atoms with Crippen LogP contribution in [0.2, 0.25) is 0 Å². The fraction of sp³-hybridized carbons (Fsp3) is 0.350. The molecular formula is C20H23NO3S. The number of ketones is 1. The first kappa shape index (κ1) is 17.7. The van der Waals surface area contributed by atoms with E-state index in [1.807, 2.05) is 20.8 Å². The molecule has 1 aliphatic heterocycles. The van der Waals surface area contributed by atoms with Crippen LogP contribution in [0.3, 0.4) is 0 Å². The highest BCUT2D eigenvalue weighted by Crippen LogP contribution is 2.37. The summed E-state index contributed by atoms with van der Waals surface area (Å²) in [5.41, 5.74) is 1.98. The number of Topliss-reactive ketones (excluding diaryl/α,β-unsaturated/α-hetero) is 1. The van der Waals surface area contributed by atoms with Crippen LogP contribution in [0.5, 0.6) is 0 Å². The predicted octanol–water partition coefficient (Wildman–Crippen LogP) is 4.19. The molecule has 3 rings (SSSR count). The maximum absolute atomic E-state index is 13.4. The Morgan fingerprint density at radius 1 is 1.08 bits per heavy atom. The van der Waals surface area contributed by atoms with E-state index in [1.54, 1.807) is 48.5 Å². The van der Waals surface area contributed by atoms with Gasteiger partial charge in [-0.25, -0.2) is 8.42 Å². The van der Waals surface area contributed by atoms with Crippen molar-refractivity contribution in [2.45, 2.75) is 44.6 Å². The Kier molecular flexibility index (Phi) is 4.69. The Bertz CT molecular complexity index is 885. The van der Waals surface area contributed by atoms with Crippen molar-refractivity contribution in [1.82, 2.24) is 0 Å². The first-order valence-electron chi connectivity index (χ1n) is 8.54. The van der Waals surface area contributed by atoms with Crippen molar-refractivity contribution in [1.29, 1.82) is 0 Å². The Labute approximate surface area is 149 Å². The first-order valence-corrected chi connectivity index (χ1v) is 9.98. The van der Waals surface area contributed by atoms with Gasteiger partial charge in [-0.3, -0.25) is 9.10 Å². The van der Waals surface area contributed by atoms with Crippen LogP contribution in [-0.2, 0) is 10.0 Å². The largest absolute Gasteiger partial charge is 0.294 e. The molecule has 2 aromatic rings. The van der Waals surface area contributed by atoms with E-state index < -0.39 is 10.0 Å². The first-order chi connectivity index (χ1) is 11.8. The molecule has 0 amide bonds. The minimum Gasteiger partial charge on any atom is -0.294 e. The molecule has 0 fully saturated rings. The van der Waals surface area contributed by atoms with E-state index in [0.717, 1.165) is 5.56 Å². The third-order valence-electron chi connectivity index (χ3n) is 4.52. The van der Waals surface area contributed by atoms with Crippen molar-refractivity contribution in [2.24, 2.45) is 5.92 Å². The number of aryl methyl sites for hydroxylation is 1. The number of hydrogen-bond donors (Lipinski definition) is 0. The number of hydrogen-bond acceptors (Lipinski definition) is 3. The van der Waals surface area contributed by atoms with Crippen LogP contribution >= 0.6 is 0 Å².